The Labute approximate surface area is 97.4 Å². The first kappa shape index (κ1) is 10.9. The molecule has 0 amide bonds. The summed E-state index contributed by atoms with van der Waals surface area (Å²) in [4.78, 5) is 11.4. The van der Waals surface area contributed by atoms with Crippen molar-refractivity contribution in [3.05, 3.63) is 34.3 Å². The summed E-state index contributed by atoms with van der Waals surface area (Å²) in [5, 5.41) is 4.20. The number of hydrazone groups is 1. The SMILES string of the molecule is COC(=O)c1cc(C2C=NNN2)ccc1Cl. The monoisotopic (exact) mass is 239 g/mol. The summed E-state index contributed by atoms with van der Waals surface area (Å²) in [7, 11) is 1.32. The van der Waals surface area contributed by atoms with Crippen LogP contribution in [0.25, 0.3) is 0 Å². The predicted molar refractivity (Wildman–Crippen MR) is 60.3 cm³/mol. The van der Waals surface area contributed by atoms with Crippen LogP contribution in [0.4, 0.5) is 0 Å². The molecular formula is C10H10ClN3O2. The van der Waals surface area contributed by atoms with E-state index in [1.165, 1.54) is 7.11 Å². The highest BCUT2D eigenvalue weighted by atomic mass is 35.5. The maximum absolute atomic E-state index is 11.4. The minimum Gasteiger partial charge on any atom is -0.465 e. The number of benzene rings is 1. The molecule has 0 aromatic heterocycles. The molecule has 1 unspecified atom stereocenters. The molecule has 6 heteroatoms. The van der Waals surface area contributed by atoms with Crippen LogP contribution in [0, 0.1) is 0 Å². The van der Waals surface area contributed by atoms with Crippen molar-refractivity contribution in [1.82, 2.24) is 11.0 Å². The maximum Gasteiger partial charge on any atom is 0.339 e. The van der Waals surface area contributed by atoms with E-state index in [1.807, 2.05) is 6.07 Å². The number of halogens is 1. The zero-order valence-electron chi connectivity index (χ0n) is 8.53. The second-order valence-electron chi connectivity index (χ2n) is 3.24. The number of rotatable bonds is 2. The highest BCUT2D eigenvalue weighted by Crippen LogP contribution is 2.22. The van der Waals surface area contributed by atoms with Gasteiger partial charge < -0.3 is 4.74 Å². The van der Waals surface area contributed by atoms with Crippen molar-refractivity contribution in [3.63, 3.8) is 0 Å². The van der Waals surface area contributed by atoms with Crippen molar-refractivity contribution in [3.8, 4) is 0 Å². The van der Waals surface area contributed by atoms with Gasteiger partial charge in [-0.25, -0.2) is 15.8 Å². The van der Waals surface area contributed by atoms with E-state index in [0.717, 1.165) is 5.56 Å². The van der Waals surface area contributed by atoms with Crippen LogP contribution in [-0.4, -0.2) is 19.3 Å². The Morgan fingerprint density at radius 2 is 2.38 bits per heavy atom. The van der Waals surface area contributed by atoms with Crippen molar-refractivity contribution in [1.29, 1.82) is 0 Å². The summed E-state index contributed by atoms with van der Waals surface area (Å²) in [6, 6.07) is 5.11. The molecule has 0 aliphatic carbocycles. The lowest BCUT2D eigenvalue weighted by atomic mass is 10.1. The number of carbonyl (C=O) groups is 1. The van der Waals surface area contributed by atoms with Crippen molar-refractivity contribution in [2.45, 2.75) is 6.04 Å². The molecular weight excluding hydrogens is 230 g/mol. The summed E-state index contributed by atoms with van der Waals surface area (Å²) in [6.45, 7) is 0. The van der Waals surface area contributed by atoms with E-state index in [2.05, 4.69) is 20.8 Å². The highest BCUT2D eigenvalue weighted by Gasteiger charge is 2.17. The fraction of sp³-hybridized carbons (Fsp3) is 0.200. The number of nitrogens with one attached hydrogen (secondary N) is 2. The summed E-state index contributed by atoms with van der Waals surface area (Å²) < 4.78 is 4.64. The molecule has 0 spiro atoms. The van der Waals surface area contributed by atoms with Gasteiger partial charge in [0.05, 0.1) is 23.7 Å². The van der Waals surface area contributed by atoms with Crippen LogP contribution >= 0.6 is 11.6 Å². The van der Waals surface area contributed by atoms with Crippen LogP contribution in [0.3, 0.4) is 0 Å². The lowest BCUT2D eigenvalue weighted by molar-refractivity contribution is 0.0601. The van der Waals surface area contributed by atoms with Crippen LogP contribution in [0.15, 0.2) is 23.3 Å². The van der Waals surface area contributed by atoms with Crippen molar-refractivity contribution in [2.24, 2.45) is 5.10 Å². The van der Waals surface area contributed by atoms with E-state index in [-0.39, 0.29) is 6.04 Å². The van der Waals surface area contributed by atoms with Crippen molar-refractivity contribution >= 4 is 23.8 Å². The second-order valence-corrected chi connectivity index (χ2v) is 3.65. The number of carbonyl (C=O) groups excluding carboxylic acids is 1. The lowest BCUT2D eigenvalue weighted by Gasteiger charge is -2.10. The number of hydrogen-bond acceptors (Lipinski definition) is 5. The van der Waals surface area contributed by atoms with E-state index >= 15 is 0 Å². The Kier molecular flexibility index (Phi) is 3.07. The molecule has 1 heterocycles. The number of ether oxygens (including phenoxy) is 1. The average molecular weight is 240 g/mol. The lowest BCUT2D eigenvalue weighted by Crippen LogP contribution is -2.25. The summed E-state index contributed by atoms with van der Waals surface area (Å²) in [5.74, 6) is -0.449. The average Bonchev–Trinajstić information content (AvgIpc) is 2.82. The van der Waals surface area contributed by atoms with E-state index in [1.54, 1.807) is 18.3 Å². The van der Waals surface area contributed by atoms with Gasteiger partial charge in [0.25, 0.3) is 0 Å². The molecule has 1 atom stereocenters. The van der Waals surface area contributed by atoms with E-state index in [0.29, 0.717) is 10.6 Å². The third kappa shape index (κ3) is 2.00. The Bertz CT molecular complexity index is 448. The molecule has 1 aromatic carbocycles. The third-order valence-corrected chi connectivity index (χ3v) is 2.59. The van der Waals surface area contributed by atoms with Crippen molar-refractivity contribution < 1.29 is 9.53 Å². The minimum atomic E-state index is -0.449. The van der Waals surface area contributed by atoms with Gasteiger partial charge in [0, 0.05) is 6.21 Å². The van der Waals surface area contributed by atoms with Gasteiger partial charge in [0.15, 0.2) is 0 Å². The summed E-state index contributed by atoms with van der Waals surface area (Å²) >= 11 is 5.91. The third-order valence-electron chi connectivity index (χ3n) is 2.26. The van der Waals surface area contributed by atoms with Gasteiger partial charge in [-0.05, 0) is 17.7 Å². The Morgan fingerprint density at radius 1 is 1.56 bits per heavy atom. The van der Waals surface area contributed by atoms with E-state index < -0.39 is 5.97 Å². The Morgan fingerprint density at radius 3 is 3.00 bits per heavy atom. The second kappa shape index (κ2) is 4.51. The Hall–Kier alpha value is -1.59. The quantitative estimate of drug-likeness (QED) is 0.763. The van der Waals surface area contributed by atoms with E-state index in [9.17, 15) is 4.79 Å². The maximum atomic E-state index is 11.4. The Balaban J connectivity index is 2.34. The molecule has 1 aromatic rings. The van der Waals surface area contributed by atoms with Crippen LogP contribution in [0.5, 0.6) is 0 Å². The van der Waals surface area contributed by atoms with Gasteiger partial charge in [-0.3, -0.25) is 0 Å². The molecule has 2 N–H and O–H groups in total. The normalized spacial score (nSPS) is 18.2. The number of hydrazine groups is 1. The smallest absolute Gasteiger partial charge is 0.339 e. The fourth-order valence-corrected chi connectivity index (χ4v) is 1.62. The van der Waals surface area contributed by atoms with Gasteiger partial charge in [-0.15, -0.1) is 0 Å². The largest absolute Gasteiger partial charge is 0.465 e. The summed E-state index contributed by atoms with van der Waals surface area (Å²) in [6.07, 6.45) is 1.70. The first-order chi connectivity index (χ1) is 7.72. The molecule has 5 nitrogen and oxygen atoms in total. The first-order valence-electron chi connectivity index (χ1n) is 4.64. The molecule has 0 saturated heterocycles. The molecule has 0 fully saturated rings. The number of nitrogens with zero attached hydrogens (tertiary/aromatic N) is 1. The zero-order valence-corrected chi connectivity index (χ0v) is 9.28. The number of hydrogen-bond donors (Lipinski definition) is 2. The topological polar surface area (TPSA) is 62.7 Å². The molecule has 0 radical (unpaired) electrons. The molecule has 2 rings (SSSR count). The number of esters is 1. The molecule has 0 bridgehead atoms. The summed E-state index contributed by atoms with van der Waals surface area (Å²) in [5.41, 5.74) is 6.77. The van der Waals surface area contributed by atoms with Crippen LogP contribution in [0.2, 0.25) is 5.02 Å². The number of methoxy groups -OCH3 is 1. The van der Waals surface area contributed by atoms with Crippen molar-refractivity contribution in [2.75, 3.05) is 7.11 Å². The zero-order chi connectivity index (χ0) is 11.5. The fourth-order valence-electron chi connectivity index (χ4n) is 1.43. The van der Waals surface area contributed by atoms with Gasteiger partial charge in [0.1, 0.15) is 0 Å². The first-order valence-corrected chi connectivity index (χ1v) is 5.01. The van der Waals surface area contributed by atoms with Gasteiger partial charge in [0.2, 0.25) is 0 Å². The molecule has 0 saturated carbocycles. The van der Waals surface area contributed by atoms with Crippen LogP contribution in [0.1, 0.15) is 22.0 Å². The van der Waals surface area contributed by atoms with E-state index in [4.69, 9.17) is 11.6 Å². The van der Waals surface area contributed by atoms with Gasteiger partial charge in [-0.1, -0.05) is 17.7 Å². The van der Waals surface area contributed by atoms with Crippen LogP contribution in [-0.2, 0) is 4.74 Å². The molecule has 16 heavy (non-hydrogen) atoms. The van der Waals surface area contributed by atoms with Gasteiger partial charge >= 0.3 is 5.97 Å². The minimum absolute atomic E-state index is 0.0688. The molecule has 84 valence electrons. The predicted octanol–water partition coefficient (Wildman–Crippen LogP) is 1.26. The standard InChI is InChI=1S/C10H10ClN3O2/c1-16-10(15)7-4-6(2-3-8(7)11)9-5-12-14-13-9/h2-5,9,13-14H,1H3. The van der Waals surface area contributed by atoms with Crippen LogP contribution < -0.4 is 11.0 Å². The van der Waals surface area contributed by atoms with Gasteiger partial charge in [-0.2, -0.15) is 5.10 Å². The molecule has 1 aliphatic rings. The highest BCUT2D eigenvalue weighted by molar-refractivity contribution is 6.33. The molecule has 1 aliphatic heterocycles.